The average molecular weight is 561 g/mol. The van der Waals surface area contributed by atoms with E-state index in [2.05, 4.69) is 141 Å². The second-order valence-electron chi connectivity index (χ2n) is 10.5. The van der Waals surface area contributed by atoms with Crippen LogP contribution in [-0.4, -0.2) is 9.55 Å². The van der Waals surface area contributed by atoms with Gasteiger partial charge in [-0.1, -0.05) is 103 Å². The third kappa shape index (κ3) is 2.54. The Hall–Kier alpha value is -4.47. The molecule has 7 aromatic rings. The van der Waals surface area contributed by atoms with Gasteiger partial charge in [-0.15, -0.1) is 0 Å². The Morgan fingerprint density at radius 3 is 1.90 bits per heavy atom. The van der Waals surface area contributed by atoms with E-state index in [9.17, 15) is 0 Å². The molecule has 0 amide bonds. The van der Waals surface area contributed by atoms with Crippen molar-refractivity contribution in [1.29, 1.82) is 0 Å². The van der Waals surface area contributed by atoms with E-state index in [1.807, 2.05) is 12.4 Å². The number of hydrogen-bond acceptors (Lipinski definition) is 1. The Labute approximate surface area is 234 Å². The van der Waals surface area contributed by atoms with Crippen LogP contribution in [0.2, 0.25) is 0 Å². The molecule has 182 valence electrons. The molecule has 2 heterocycles. The molecule has 39 heavy (non-hydrogen) atoms. The van der Waals surface area contributed by atoms with Crippen LogP contribution in [0.1, 0.15) is 22.3 Å². The van der Waals surface area contributed by atoms with E-state index >= 15 is 0 Å². The van der Waals surface area contributed by atoms with Crippen LogP contribution in [0.3, 0.4) is 0 Å². The Morgan fingerprint density at radius 2 is 1.18 bits per heavy atom. The predicted molar refractivity (Wildman–Crippen MR) is 163 cm³/mol. The molecule has 0 unspecified atom stereocenters. The summed E-state index contributed by atoms with van der Waals surface area (Å²) in [7, 11) is 0. The summed E-state index contributed by atoms with van der Waals surface area (Å²) < 4.78 is 3.37. The van der Waals surface area contributed by atoms with Crippen molar-refractivity contribution in [3.8, 4) is 27.9 Å². The molecule has 2 aromatic heterocycles. The van der Waals surface area contributed by atoms with E-state index < -0.39 is 0 Å². The summed E-state index contributed by atoms with van der Waals surface area (Å²) in [5.41, 5.74) is 13.8. The zero-order valence-electron chi connectivity index (χ0n) is 20.9. The highest BCUT2D eigenvalue weighted by Gasteiger charge is 2.52. The first kappa shape index (κ1) is 21.5. The second-order valence-corrected chi connectivity index (χ2v) is 11.4. The third-order valence-electron chi connectivity index (χ3n) is 8.74. The molecule has 2 aliphatic carbocycles. The maximum absolute atomic E-state index is 4.55. The molecule has 9 rings (SSSR count). The van der Waals surface area contributed by atoms with Crippen LogP contribution in [0.25, 0.3) is 49.7 Å². The molecule has 2 nitrogen and oxygen atoms in total. The first-order valence-corrected chi connectivity index (χ1v) is 14.0. The number of rotatable bonds is 1. The lowest BCUT2D eigenvalue weighted by Gasteiger charge is -2.30. The summed E-state index contributed by atoms with van der Waals surface area (Å²) in [6.07, 6.45) is 3.81. The van der Waals surface area contributed by atoms with Crippen LogP contribution in [0, 0.1) is 0 Å². The number of pyridine rings is 1. The fourth-order valence-corrected chi connectivity index (χ4v) is 7.78. The van der Waals surface area contributed by atoms with E-state index in [4.69, 9.17) is 0 Å². The molecule has 0 aliphatic heterocycles. The molecule has 0 fully saturated rings. The summed E-state index contributed by atoms with van der Waals surface area (Å²) in [4.78, 5) is 4.55. The normalized spacial score (nSPS) is 14.0. The van der Waals surface area contributed by atoms with Gasteiger partial charge < -0.3 is 4.57 Å². The largest absolute Gasteiger partial charge is 0.307 e. The van der Waals surface area contributed by atoms with E-state index in [-0.39, 0.29) is 5.41 Å². The number of para-hydroxylation sites is 1. The standard InChI is InChI=1S/C36H21BrN2/c37-22-19-23(21-38-20-22)39-33-16-8-4-11-26(33)27-17-18-32-34(35(27)39)28-12-3-7-15-31(28)36(32)29-13-5-1-9-24(29)25-10-2-6-14-30(25)36/h1-21H. The zero-order valence-corrected chi connectivity index (χ0v) is 22.5. The lowest BCUT2D eigenvalue weighted by atomic mass is 9.70. The Kier molecular flexibility index (Phi) is 4.16. The monoisotopic (exact) mass is 560 g/mol. The molecule has 3 heteroatoms. The number of benzene rings is 5. The van der Waals surface area contributed by atoms with Gasteiger partial charge in [0.15, 0.2) is 0 Å². The molecule has 1 spiro atoms. The van der Waals surface area contributed by atoms with Gasteiger partial charge in [-0.2, -0.15) is 0 Å². The van der Waals surface area contributed by atoms with Gasteiger partial charge in [0.2, 0.25) is 0 Å². The molecule has 2 aliphatic rings. The van der Waals surface area contributed by atoms with Crippen LogP contribution in [-0.2, 0) is 5.41 Å². The maximum Gasteiger partial charge on any atom is 0.0726 e. The molecule has 0 bridgehead atoms. The fourth-order valence-electron chi connectivity index (χ4n) is 7.42. The molecule has 0 N–H and O–H groups in total. The van der Waals surface area contributed by atoms with Crippen LogP contribution < -0.4 is 0 Å². The quantitative estimate of drug-likeness (QED) is 0.195. The van der Waals surface area contributed by atoms with Gasteiger partial charge in [-0.3, -0.25) is 4.98 Å². The molecule has 0 saturated carbocycles. The zero-order chi connectivity index (χ0) is 25.7. The van der Waals surface area contributed by atoms with Crippen LogP contribution in [0.5, 0.6) is 0 Å². The van der Waals surface area contributed by atoms with E-state index in [0.717, 1.165) is 10.2 Å². The van der Waals surface area contributed by atoms with Crippen molar-refractivity contribution in [1.82, 2.24) is 9.55 Å². The van der Waals surface area contributed by atoms with Crippen molar-refractivity contribution in [3.05, 3.63) is 154 Å². The van der Waals surface area contributed by atoms with Gasteiger partial charge in [0.25, 0.3) is 0 Å². The molecule has 0 radical (unpaired) electrons. The second kappa shape index (κ2) is 7.56. The Balaban J connectivity index is 1.53. The van der Waals surface area contributed by atoms with Crippen molar-refractivity contribution >= 4 is 37.7 Å². The maximum atomic E-state index is 4.55. The molecule has 0 saturated heterocycles. The van der Waals surface area contributed by atoms with E-state index in [1.165, 1.54) is 66.3 Å². The van der Waals surface area contributed by atoms with Gasteiger partial charge in [0, 0.05) is 27.0 Å². The summed E-state index contributed by atoms with van der Waals surface area (Å²) in [5, 5.41) is 2.51. The minimum atomic E-state index is -0.357. The van der Waals surface area contributed by atoms with Crippen molar-refractivity contribution in [2.24, 2.45) is 0 Å². The average Bonchev–Trinajstić information content (AvgIpc) is 3.59. The molecule has 5 aromatic carbocycles. The van der Waals surface area contributed by atoms with Crippen molar-refractivity contribution in [2.75, 3.05) is 0 Å². The van der Waals surface area contributed by atoms with Crippen LogP contribution in [0.15, 0.2) is 132 Å². The number of fused-ring (bicyclic) bond motifs is 14. The van der Waals surface area contributed by atoms with Crippen molar-refractivity contribution < 1.29 is 0 Å². The summed E-state index contributed by atoms with van der Waals surface area (Å²) in [6.45, 7) is 0. The number of halogens is 1. The first-order valence-electron chi connectivity index (χ1n) is 13.3. The molecule has 0 atom stereocenters. The topological polar surface area (TPSA) is 17.8 Å². The first-order chi connectivity index (χ1) is 19.3. The van der Waals surface area contributed by atoms with E-state index in [1.54, 1.807) is 0 Å². The number of hydrogen-bond donors (Lipinski definition) is 0. The number of aromatic nitrogens is 2. The predicted octanol–water partition coefficient (Wildman–Crippen LogP) is 9.28. The Bertz CT molecular complexity index is 2110. The van der Waals surface area contributed by atoms with Gasteiger partial charge in [0.05, 0.1) is 28.3 Å². The minimum absolute atomic E-state index is 0.357. The highest BCUT2D eigenvalue weighted by atomic mass is 79.9. The highest BCUT2D eigenvalue weighted by molar-refractivity contribution is 9.10. The van der Waals surface area contributed by atoms with Crippen molar-refractivity contribution in [3.63, 3.8) is 0 Å². The lowest BCUT2D eigenvalue weighted by molar-refractivity contribution is 0.794. The molecular formula is C36H21BrN2. The van der Waals surface area contributed by atoms with Gasteiger partial charge in [0.1, 0.15) is 0 Å². The SMILES string of the molecule is Brc1cncc(-n2c3ccccc3c3ccc4c(c32)-c2ccccc2C42c3ccccc3-c3ccccc32)c1. The summed E-state index contributed by atoms with van der Waals surface area (Å²) >= 11 is 3.67. The van der Waals surface area contributed by atoms with Crippen LogP contribution >= 0.6 is 15.9 Å². The fraction of sp³-hybridized carbons (Fsp3) is 0.0278. The van der Waals surface area contributed by atoms with Crippen LogP contribution in [0.4, 0.5) is 0 Å². The summed E-state index contributed by atoms with van der Waals surface area (Å²) in [6, 6.07) is 42.6. The van der Waals surface area contributed by atoms with Crippen molar-refractivity contribution in [2.45, 2.75) is 5.41 Å². The van der Waals surface area contributed by atoms with E-state index in [0.29, 0.717) is 0 Å². The smallest absolute Gasteiger partial charge is 0.0726 e. The highest BCUT2D eigenvalue weighted by Crippen LogP contribution is 2.64. The Morgan fingerprint density at radius 1 is 0.564 bits per heavy atom. The number of nitrogens with zero attached hydrogens (tertiary/aromatic N) is 2. The molecular weight excluding hydrogens is 540 g/mol. The van der Waals surface area contributed by atoms with Gasteiger partial charge in [-0.05, 0) is 67.0 Å². The third-order valence-corrected chi connectivity index (χ3v) is 9.18. The summed E-state index contributed by atoms with van der Waals surface area (Å²) in [5.74, 6) is 0. The van der Waals surface area contributed by atoms with Gasteiger partial charge in [-0.25, -0.2) is 0 Å². The minimum Gasteiger partial charge on any atom is -0.307 e. The van der Waals surface area contributed by atoms with Gasteiger partial charge >= 0.3 is 0 Å². The lowest BCUT2D eigenvalue weighted by Crippen LogP contribution is -2.25.